The van der Waals surface area contributed by atoms with E-state index in [9.17, 15) is 22.4 Å². The Morgan fingerprint density at radius 1 is 0.932 bits per heavy atom. The smallest absolute Gasteiger partial charge is 0.264 e. The van der Waals surface area contributed by atoms with Gasteiger partial charge in [-0.3, -0.25) is 13.9 Å². The quantitative estimate of drug-likeness (QED) is 0.277. The number of hydrogen-bond donors (Lipinski definition) is 1. The Balaban J connectivity index is 1.66. The maximum Gasteiger partial charge on any atom is 0.264 e. The van der Waals surface area contributed by atoms with E-state index in [2.05, 4.69) is 5.32 Å². The molecular formula is C33H40FN3O6S. The van der Waals surface area contributed by atoms with Crippen LogP contribution in [0.4, 0.5) is 10.1 Å². The molecule has 0 heterocycles. The summed E-state index contributed by atoms with van der Waals surface area (Å²) >= 11 is 0. The molecule has 3 aromatic carbocycles. The summed E-state index contributed by atoms with van der Waals surface area (Å²) in [4.78, 5) is 28.8. The third kappa shape index (κ3) is 8.28. The first kappa shape index (κ1) is 32.8. The number of carbonyl (C=O) groups is 2. The predicted octanol–water partition coefficient (Wildman–Crippen LogP) is 5.29. The highest BCUT2D eigenvalue weighted by atomic mass is 32.2. The van der Waals surface area contributed by atoms with Gasteiger partial charge >= 0.3 is 0 Å². The van der Waals surface area contributed by atoms with E-state index in [-0.39, 0.29) is 29.1 Å². The van der Waals surface area contributed by atoms with Crippen molar-refractivity contribution in [2.24, 2.45) is 0 Å². The number of nitrogens with one attached hydrogen (secondary N) is 1. The first-order valence-electron chi connectivity index (χ1n) is 14.9. The number of halogens is 1. The Bertz CT molecular complexity index is 1490. The molecule has 9 nitrogen and oxygen atoms in total. The van der Waals surface area contributed by atoms with Crippen LogP contribution in [0.3, 0.4) is 0 Å². The van der Waals surface area contributed by atoms with Gasteiger partial charge in [0.1, 0.15) is 29.9 Å². The van der Waals surface area contributed by atoms with Crippen molar-refractivity contribution in [3.05, 3.63) is 84.2 Å². The molecular weight excluding hydrogens is 585 g/mol. The number of ether oxygens (including phenoxy) is 2. The summed E-state index contributed by atoms with van der Waals surface area (Å²) in [5.74, 6) is -0.307. The van der Waals surface area contributed by atoms with Gasteiger partial charge in [0.25, 0.3) is 10.0 Å². The van der Waals surface area contributed by atoms with E-state index in [0.29, 0.717) is 18.1 Å². The van der Waals surface area contributed by atoms with E-state index in [1.807, 2.05) is 6.92 Å². The molecule has 1 N–H and O–H groups in total. The predicted molar refractivity (Wildman–Crippen MR) is 167 cm³/mol. The van der Waals surface area contributed by atoms with Crippen molar-refractivity contribution in [2.45, 2.75) is 69.5 Å². The summed E-state index contributed by atoms with van der Waals surface area (Å²) in [5.41, 5.74) is 0.844. The SMILES string of the molecule is CCOc1ccc(S(=O)(=O)N(CC(=O)N(Cc2ccc(OC)cc2)[C@H](C)C(=O)NC2CCCCC2)c2ccc(F)cc2)cc1. The Kier molecular flexibility index (Phi) is 11.2. The van der Waals surface area contributed by atoms with Gasteiger partial charge in [-0.2, -0.15) is 0 Å². The molecule has 0 spiro atoms. The molecule has 0 unspecified atom stereocenters. The van der Waals surface area contributed by atoms with Crippen molar-refractivity contribution in [3.63, 3.8) is 0 Å². The maximum atomic E-state index is 14.1. The maximum absolute atomic E-state index is 14.1. The lowest BCUT2D eigenvalue weighted by Crippen LogP contribution is -2.53. The normalized spacial score (nSPS) is 14.4. The molecule has 2 amide bonds. The average Bonchev–Trinajstić information content (AvgIpc) is 3.03. The number of sulfonamides is 1. The summed E-state index contributed by atoms with van der Waals surface area (Å²) in [7, 11) is -2.73. The molecule has 1 aliphatic rings. The van der Waals surface area contributed by atoms with Crippen molar-refractivity contribution in [1.29, 1.82) is 0 Å². The Morgan fingerprint density at radius 2 is 1.55 bits per heavy atom. The number of nitrogens with zero attached hydrogens (tertiary/aromatic N) is 2. The van der Waals surface area contributed by atoms with Crippen LogP contribution in [0.15, 0.2) is 77.7 Å². The number of amides is 2. The zero-order valence-electron chi connectivity index (χ0n) is 25.4. The lowest BCUT2D eigenvalue weighted by Gasteiger charge is -2.33. The van der Waals surface area contributed by atoms with Crippen LogP contribution in [0.5, 0.6) is 11.5 Å². The molecule has 3 aromatic rings. The standard InChI is InChI=1S/C33H40FN3O6S/c1-4-43-30-18-20-31(21-19-30)44(40,41)37(28-14-12-26(34)13-15-28)23-32(38)36(22-25-10-16-29(42-3)17-11-25)24(2)33(39)35-27-8-6-5-7-9-27/h10-21,24,27H,4-9,22-23H2,1-3H3,(H,35,39)/t24-/m1/s1. The van der Waals surface area contributed by atoms with Crippen molar-refractivity contribution in [2.75, 3.05) is 24.6 Å². The van der Waals surface area contributed by atoms with Gasteiger partial charge in [-0.25, -0.2) is 12.8 Å². The molecule has 0 bridgehead atoms. The molecule has 0 saturated heterocycles. The van der Waals surface area contributed by atoms with E-state index in [0.717, 1.165) is 54.1 Å². The Hall–Kier alpha value is -4.12. The van der Waals surface area contributed by atoms with E-state index >= 15 is 0 Å². The van der Waals surface area contributed by atoms with Gasteiger partial charge in [-0.1, -0.05) is 31.4 Å². The van der Waals surface area contributed by atoms with Crippen LogP contribution in [0.2, 0.25) is 0 Å². The third-order valence-electron chi connectivity index (χ3n) is 7.75. The summed E-state index contributed by atoms with van der Waals surface area (Å²) in [6.45, 7) is 3.32. The van der Waals surface area contributed by atoms with E-state index in [1.165, 1.54) is 41.3 Å². The summed E-state index contributed by atoms with van der Waals surface area (Å²) in [6, 6.07) is 17.0. The van der Waals surface area contributed by atoms with Crippen LogP contribution in [-0.2, 0) is 26.2 Å². The first-order valence-corrected chi connectivity index (χ1v) is 16.3. The molecule has 0 aliphatic heterocycles. The first-order chi connectivity index (χ1) is 21.1. The minimum Gasteiger partial charge on any atom is -0.497 e. The van der Waals surface area contributed by atoms with Gasteiger partial charge in [0.05, 0.1) is 24.3 Å². The number of carbonyl (C=O) groups excluding carboxylic acids is 2. The Labute approximate surface area is 259 Å². The van der Waals surface area contributed by atoms with Crippen LogP contribution < -0.4 is 19.1 Å². The molecule has 236 valence electrons. The molecule has 0 radical (unpaired) electrons. The molecule has 1 fully saturated rings. The molecule has 1 saturated carbocycles. The Morgan fingerprint density at radius 3 is 2.14 bits per heavy atom. The summed E-state index contributed by atoms with van der Waals surface area (Å²) in [5, 5.41) is 3.08. The molecule has 4 rings (SSSR count). The third-order valence-corrected chi connectivity index (χ3v) is 9.54. The van der Waals surface area contributed by atoms with Crippen molar-refractivity contribution >= 4 is 27.5 Å². The second-order valence-electron chi connectivity index (χ2n) is 10.8. The fourth-order valence-electron chi connectivity index (χ4n) is 5.22. The van der Waals surface area contributed by atoms with Crippen LogP contribution in [-0.4, -0.2) is 57.5 Å². The van der Waals surface area contributed by atoms with Crippen molar-refractivity contribution in [3.8, 4) is 11.5 Å². The number of anilines is 1. The van der Waals surface area contributed by atoms with Gasteiger partial charge in [-0.15, -0.1) is 0 Å². The minimum absolute atomic E-state index is 0.0346. The number of rotatable bonds is 13. The molecule has 1 aliphatic carbocycles. The minimum atomic E-state index is -4.29. The molecule has 0 aromatic heterocycles. The van der Waals surface area contributed by atoms with E-state index < -0.39 is 34.3 Å². The highest BCUT2D eigenvalue weighted by Gasteiger charge is 2.33. The van der Waals surface area contributed by atoms with E-state index in [4.69, 9.17) is 9.47 Å². The topological polar surface area (TPSA) is 105 Å². The van der Waals surface area contributed by atoms with Gasteiger partial charge in [0.2, 0.25) is 11.8 Å². The van der Waals surface area contributed by atoms with Crippen molar-refractivity contribution in [1.82, 2.24) is 10.2 Å². The zero-order chi connectivity index (χ0) is 31.7. The fourth-order valence-corrected chi connectivity index (χ4v) is 6.63. The largest absolute Gasteiger partial charge is 0.497 e. The second kappa shape index (κ2) is 15.1. The lowest BCUT2D eigenvalue weighted by molar-refractivity contribution is -0.139. The molecule has 1 atom stereocenters. The average molecular weight is 626 g/mol. The zero-order valence-corrected chi connectivity index (χ0v) is 26.2. The van der Waals surface area contributed by atoms with Crippen LogP contribution in [0.1, 0.15) is 51.5 Å². The van der Waals surface area contributed by atoms with E-state index in [1.54, 1.807) is 38.3 Å². The van der Waals surface area contributed by atoms with Gasteiger partial charge in [-0.05, 0) is 92.9 Å². The van der Waals surface area contributed by atoms with Crippen molar-refractivity contribution < 1.29 is 31.9 Å². The van der Waals surface area contributed by atoms with Crippen LogP contribution in [0.25, 0.3) is 0 Å². The fraction of sp³-hybridized carbons (Fsp3) is 0.394. The van der Waals surface area contributed by atoms with Gasteiger partial charge in [0.15, 0.2) is 0 Å². The highest BCUT2D eigenvalue weighted by molar-refractivity contribution is 7.92. The number of methoxy groups -OCH3 is 1. The summed E-state index contributed by atoms with van der Waals surface area (Å²) < 4.78 is 53.4. The second-order valence-corrected chi connectivity index (χ2v) is 12.6. The van der Waals surface area contributed by atoms with Crippen LogP contribution >= 0.6 is 0 Å². The summed E-state index contributed by atoms with van der Waals surface area (Å²) in [6.07, 6.45) is 4.95. The van der Waals surface area contributed by atoms with Gasteiger partial charge < -0.3 is 19.7 Å². The monoisotopic (exact) mass is 625 g/mol. The highest BCUT2D eigenvalue weighted by Crippen LogP contribution is 2.27. The van der Waals surface area contributed by atoms with Gasteiger partial charge in [0, 0.05) is 12.6 Å². The lowest BCUT2D eigenvalue weighted by atomic mass is 9.95. The molecule has 11 heteroatoms. The number of hydrogen-bond acceptors (Lipinski definition) is 6. The molecule has 44 heavy (non-hydrogen) atoms. The number of benzene rings is 3. The van der Waals surface area contributed by atoms with Crippen LogP contribution in [0, 0.1) is 5.82 Å².